The summed E-state index contributed by atoms with van der Waals surface area (Å²) in [6.45, 7) is 1.51. The molecule has 0 aromatic heterocycles. The zero-order valence-electron chi connectivity index (χ0n) is 11.6. The molecule has 112 valence electrons. The van der Waals surface area contributed by atoms with E-state index in [1.165, 1.54) is 0 Å². The fourth-order valence-electron chi connectivity index (χ4n) is 1.75. The SMILES string of the molecule is Cl.N=C(N)c1cccc(COCCOc2ccccc2)c1. The summed E-state index contributed by atoms with van der Waals surface area (Å²) < 4.78 is 11.1. The first-order chi connectivity index (χ1) is 9.75. The summed E-state index contributed by atoms with van der Waals surface area (Å²) in [6.07, 6.45) is 0. The maximum atomic E-state index is 7.39. The molecule has 0 saturated heterocycles. The Kier molecular flexibility index (Phi) is 7.29. The van der Waals surface area contributed by atoms with Gasteiger partial charge in [0.2, 0.25) is 0 Å². The second-order valence-corrected chi connectivity index (χ2v) is 4.33. The number of ether oxygens (including phenoxy) is 2. The van der Waals surface area contributed by atoms with E-state index >= 15 is 0 Å². The predicted molar refractivity (Wildman–Crippen MR) is 86.3 cm³/mol. The third kappa shape index (κ3) is 5.85. The van der Waals surface area contributed by atoms with E-state index in [1.54, 1.807) is 0 Å². The van der Waals surface area contributed by atoms with Crippen molar-refractivity contribution in [2.24, 2.45) is 5.73 Å². The van der Waals surface area contributed by atoms with Crippen LogP contribution in [-0.4, -0.2) is 19.0 Å². The number of nitrogens with one attached hydrogen (secondary N) is 1. The van der Waals surface area contributed by atoms with E-state index in [0.29, 0.717) is 25.4 Å². The number of halogens is 1. The molecule has 0 atom stereocenters. The Morgan fingerprint density at radius 3 is 2.48 bits per heavy atom. The summed E-state index contributed by atoms with van der Waals surface area (Å²) >= 11 is 0. The van der Waals surface area contributed by atoms with Gasteiger partial charge < -0.3 is 15.2 Å². The van der Waals surface area contributed by atoms with Gasteiger partial charge in [-0.2, -0.15) is 0 Å². The van der Waals surface area contributed by atoms with Crippen molar-refractivity contribution in [1.29, 1.82) is 5.41 Å². The van der Waals surface area contributed by atoms with Crippen molar-refractivity contribution < 1.29 is 9.47 Å². The lowest BCUT2D eigenvalue weighted by Crippen LogP contribution is -2.11. The molecule has 4 nitrogen and oxygen atoms in total. The minimum Gasteiger partial charge on any atom is -0.491 e. The minimum atomic E-state index is 0. The van der Waals surface area contributed by atoms with Gasteiger partial charge in [0.15, 0.2) is 0 Å². The Morgan fingerprint density at radius 1 is 1.00 bits per heavy atom. The highest BCUT2D eigenvalue weighted by molar-refractivity contribution is 5.95. The number of para-hydroxylation sites is 1. The Hall–Kier alpha value is -2.04. The number of hydrogen-bond donors (Lipinski definition) is 2. The Labute approximate surface area is 130 Å². The van der Waals surface area contributed by atoms with Crippen molar-refractivity contribution in [2.45, 2.75) is 6.61 Å². The van der Waals surface area contributed by atoms with Gasteiger partial charge in [0.1, 0.15) is 18.2 Å². The Morgan fingerprint density at radius 2 is 1.76 bits per heavy atom. The summed E-state index contributed by atoms with van der Waals surface area (Å²) in [7, 11) is 0. The molecule has 0 amide bonds. The number of nitrogen functional groups attached to an aromatic ring is 1. The largest absolute Gasteiger partial charge is 0.491 e. The van der Waals surface area contributed by atoms with Gasteiger partial charge in [-0.05, 0) is 23.8 Å². The van der Waals surface area contributed by atoms with Crippen LogP contribution in [0.3, 0.4) is 0 Å². The van der Waals surface area contributed by atoms with Gasteiger partial charge >= 0.3 is 0 Å². The Bertz CT molecular complexity index is 561. The molecule has 5 heteroatoms. The summed E-state index contributed by atoms with van der Waals surface area (Å²) in [5, 5.41) is 7.39. The van der Waals surface area contributed by atoms with E-state index in [4.69, 9.17) is 20.6 Å². The second kappa shape index (κ2) is 9.00. The smallest absolute Gasteiger partial charge is 0.122 e. The molecule has 2 rings (SSSR count). The van der Waals surface area contributed by atoms with Crippen LogP contribution in [0.25, 0.3) is 0 Å². The highest BCUT2D eigenvalue weighted by atomic mass is 35.5. The first kappa shape index (κ1) is 17.0. The van der Waals surface area contributed by atoms with Crippen molar-refractivity contribution in [3.05, 3.63) is 65.7 Å². The molecule has 0 aliphatic heterocycles. The quantitative estimate of drug-likeness (QED) is 0.469. The highest BCUT2D eigenvalue weighted by Crippen LogP contribution is 2.08. The summed E-state index contributed by atoms with van der Waals surface area (Å²) in [5.41, 5.74) is 7.16. The molecule has 0 bridgehead atoms. The highest BCUT2D eigenvalue weighted by Gasteiger charge is 1.99. The van der Waals surface area contributed by atoms with Crippen LogP contribution >= 0.6 is 12.4 Å². The molecule has 0 saturated carbocycles. The predicted octanol–water partition coefficient (Wildman–Crippen LogP) is 2.99. The second-order valence-electron chi connectivity index (χ2n) is 4.33. The number of amidine groups is 1. The van der Waals surface area contributed by atoms with E-state index < -0.39 is 0 Å². The molecule has 2 aromatic rings. The molecular weight excluding hydrogens is 288 g/mol. The molecule has 0 heterocycles. The number of nitrogens with two attached hydrogens (primary N) is 1. The summed E-state index contributed by atoms with van der Waals surface area (Å²) in [4.78, 5) is 0. The lowest BCUT2D eigenvalue weighted by molar-refractivity contribution is 0.0889. The van der Waals surface area contributed by atoms with Crippen molar-refractivity contribution in [3.63, 3.8) is 0 Å². The lowest BCUT2D eigenvalue weighted by atomic mass is 10.1. The van der Waals surface area contributed by atoms with Gasteiger partial charge in [0.05, 0.1) is 13.2 Å². The van der Waals surface area contributed by atoms with E-state index in [2.05, 4.69) is 0 Å². The minimum absolute atomic E-state index is 0. The molecule has 0 fully saturated rings. The summed E-state index contributed by atoms with van der Waals surface area (Å²) in [5.74, 6) is 0.911. The van der Waals surface area contributed by atoms with E-state index in [-0.39, 0.29) is 18.2 Å². The Balaban J connectivity index is 0.00000220. The van der Waals surface area contributed by atoms with Crippen LogP contribution in [0, 0.1) is 5.41 Å². The van der Waals surface area contributed by atoms with Crippen molar-refractivity contribution >= 4 is 18.2 Å². The van der Waals surface area contributed by atoms with Crippen LogP contribution in [0.15, 0.2) is 54.6 Å². The van der Waals surface area contributed by atoms with Crippen molar-refractivity contribution in [1.82, 2.24) is 0 Å². The fraction of sp³-hybridized carbons (Fsp3) is 0.188. The monoisotopic (exact) mass is 306 g/mol. The van der Waals surface area contributed by atoms with Crippen LogP contribution in [0.5, 0.6) is 5.75 Å². The number of benzene rings is 2. The van der Waals surface area contributed by atoms with Crippen LogP contribution in [0.2, 0.25) is 0 Å². The van der Waals surface area contributed by atoms with Crippen LogP contribution in [0.1, 0.15) is 11.1 Å². The van der Waals surface area contributed by atoms with E-state index in [1.807, 2.05) is 54.6 Å². The van der Waals surface area contributed by atoms with Crippen molar-refractivity contribution in [2.75, 3.05) is 13.2 Å². The maximum Gasteiger partial charge on any atom is 0.122 e. The molecule has 0 aliphatic carbocycles. The fourth-order valence-corrected chi connectivity index (χ4v) is 1.75. The molecule has 2 aromatic carbocycles. The third-order valence-corrected chi connectivity index (χ3v) is 2.75. The van der Waals surface area contributed by atoms with Crippen LogP contribution in [0.4, 0.5) is 0 Å². The van der Waals surface area contributed by atoms with E-state index in [0.717, 1.165) is 11.3 Å². The van der Waals surface area contributed by atoms with Gasteiger partial charge in [-0.3, -0.25) is 5.41 Å². The topological polar surface area (TPSA) is 68.3 Å². The molecule has 0 aliphatic rings. The molecule has 21 heavy (non-hydrogen) atoms. The lowest BCUT2D eigenvalue weighted by Gasteiger charge is -2.08. The molecule has 3 N–H and O–H groups in total. The van der Waals surface area contributed by atoms with Crippen LogP contribution in [-0.2, 0) is 11.3 Å². The van der Waals surface area contributed by atoms with Gasteiger partial charge in [-0.25, -0.2) is 0 Å². The van der Waals surface area contributed by atoms with Crippen LogP contribution < -0.4 is 10.5 Å². The zero-order chi connectivity index (χ0) is 14.2. The normalized spacial score (nSPS) is 9.71. The molecular formula is C16H19ClN2O2. The molecule has 0 spiro atoms. The standard InChI is InChI=1S/C16H18N2O2.ClH/c17-16(18)14-6-4-5-13(11-14)12-19-9-10-20-15-7-2-1-3-8-15;/h1-8,11H,9-10,12H2,(H3,17,18);1H. The van der Waals surface area contributed by atoms with E-state index in [9.17, 15) is 0 Å². The van der Waals surface area contributed by atoms with Gasteiger partial charge in [-0.1, -0.05) is 36.4 Å². The summed E-state index contributed by atoms with van der Waals surface area (Å²) in [6, 6.07) is 17.1. The average molecular weight is 307 g/mol. The molecule has 0 unspecified atom stereocenters. The third-order valence-electron chi connectivity index (χ3n) is 2.75. The number of hydrogen-bond acceptors (Lipinski definition) is 3. The average Bonchev–Trinajstić information content (AvgIpc) is 2.48. The first-order valence-corrected chi connectivity index (χ1v) is 6.44. The maximum absolute atomic E-state index is 7.39. The van der Waals surface area contributed by atoms with Crippen molar-refractivity contribution in [3.8, 4) is 5.75 Å². The first-order valence-electron chi connectivity index (χ1n) is 6.44. The molecule has 0 radical (unpaired) electrons. The van der Waals surface area contributed by atoms with Gasteiger partial charge in [0.25, 0.3) is 0 Å². The van der Waals surface area contributed by atoms with Gasteiger partial charge in [-0.15, -0.1) is 12.4 Å². The number of rotatable bonds is 7. The van der Waals surface area contributed by atoms with Gasteiger partial charge in [0, 0.05) is 5.56 Å². The zero-order valence-corrected chi connectivity index (χ0v) is 12.4.